The molecular weight excluding hydrogens is 386 g/mol. The van der Waals surface area contributed by atoms with Gasteiger partial charge in [0.25, 0.3) is 0 Å². The Hall–Kier alpha value is -3.25. The zero-order chi connectivity index (χ0) is 20.4. The highest BCUT2D eigenvalue weighted by Crippen LogP contribution is 2.45. The number of anilines is 1. The van der Waals surface area contributed by atoms with Gasteiger partial charge in [-0.25, -0.2) is 9.97 Å². The second kappa shape index (κ2) is 7.64. The van der Waals surface area contributed by atoms with E-state index in [0.717, 1.165) is 36.0 Å². The summed E-state index contributed by atoms with van der Waals surface area (Å²) in [5.41, 5.74) is 8.63. The molecule has 1 saturated carbocycles. The van der Waals surface area contributed by atoms with Crippen LogP contribution in [0.4, 0.5) is 5.95 Å². The summed E-state index contributed by atoms with van der Waals surface area (Å²) in [5, 5.41) is 17.5. The topological polar surface area (TPSA) is 111 Å². The van der Waals surface area contributed by atoms with Crippen LogP contribution in [0.15, 0.2) is 65.9 Å². The Balaban J connectivity index is 1.61. The van der Waals surface area contributed by atoms with Crippen molar-refractivity contribution in [3.63, 3.8) is 0 Å². The summed E-state index contributed by atoms with van der Waals surface area (Å²) in [6, 6.07) is 15.1. The monoisotopic (exact) mass is 406 g/mol. The van der Waals surface area contributed by atoms with Crippen molar-refractivity contribution in [1.29, 1.82) is 5.41 Å². The van der Waals surface area contributed by atoms with Gasteiger partial charge in [0.1, 0.15) is 5.84 Å². The Morgan fingerprint density at radius 3 is 2.34 bits per heavy atom. The summed E-state index contributed by atoms with van der Waals surface area (Å²) in [7, 11) is 0. The Labute approximate surface area is 173 Å². The predicted molar refractivity (Wildman–Crippen MR) is 117 cm³/mol. The highest BCUT2D eigenvalue weighted by atomic mass is 35.5. The Morgan fingerprint density at radius 1 is 1.07 bits per heavy atom. The SMILES string of the molecule is N=C(N=C([OH2+])c1cccc(Cl)c1)C1(c2ccc(-c3cnc(N)nc3)cc2)CCC1. The molecule has 0 atom stereocenters. The van der Waals surface area contributed by atoms with Crippen LogP contribution < -0.4 is 5.73 Å². The van der Waals surface area contributed by atoms with Crippen molar-refractivity contribution in [3.05, 3.63) is 77.1 Å². The van der Waals surface area contributed by atoms with Crippen molar-refractivity contribution in [2.45, 2.75) is 24.7 Å². The maximum absolute atomic E-state index is 8.63. The van der Waals surface area contributed by atoms with Crippen LogP contribution in [0.1, 0.15) is 30.4 Å². The third kappa shape index (κ3) is 3.71. The number of aliphatic imine (C=N–C) groups is 1. The molecule has 1 heterocycles. The van der Waals surface area contributed by atoms with E-state index >= 15 is 0 Å². The van der Waals surface area contributed by atoms with Gasteiger partial charge in [-0.1, -0.05) is 48.4 Å². The van der Waals surface area contributed by atoms with E-state index in [0.29, 0.717) is 10.6 Å². The van der Waals surface area contributed by atoms with Crippen molar-refractivity contribution in [1.82, 2.24) is 9.97 Å². The maximum Gasteiger partial charge on any atom is 0.366 e. The molecule has 5 N–H and O–H groups in total. The lowest BCUT2D eigenvalue weighted by atomic mass is 9.63. The highest BCUT2D eigenvalue weighted by molar-refractivity contribution is 6.31. The van der Waals surface area contributed by atoms with Gasteiger partial charge in [0.15, 0.2) is 0 Å². The lowest BCUT2D eigenvalue weighted by Gasteiger charge is -2.41. The molecule has 146 valence electrons. The van der Waals surface area contributed by atoms with Gasteiger partial charge < -0.3 is 10.8 Å². The number of rotatable bonds is 4. The molecule has 0 amide bonds. The molecule has 1 aromatic heterocycles. The third-order valence-corrected chi connectivity index (χ3v) is 5.66. The second-order valence-corrected chi connectivity index (χ2v) is 7.60. The molecule has 0 spiro atoms. The molecule has 2 aromatic carbocycles. The van der Waals surface area contributed by atoms with Gasteiger partial charge in [-0.2, -0.15) is 0 Å². The fourth-order valence-electron chi connectivity index (χ4n) is 3.58. The molecule has 0 radical (unpaired) electrons. The number of hydrogen-bond acceptors (Lipinski definition) is 4. The average molecular weight is 407 g/mol. The minimum atomic E-state index is -0.443. The molecular formula is C22H21ClN5O+. The van der Waals surface area contributed by atoms with E-state index in [9.17, 15) is 0 Å². The molecule has 1 aliphatic rings. The molecule has 4 rings (SSSR count). The first-order chi connectivity index (χ1) is 14.0. The molecule has 6 nitrogen and oxygen atoms in total. The third-order valence-electron chi connectivity index (χ3n) is 5.42. The van der Waals surface area contributed by atoms with Crippen LogP contribution in [0.2, 0.25) is 5.02 Å². The number of nitrogen functional groups attached to an aromatic ring is 1. The normalized spacial score (nSPS) is 15.6. The molecule has 1 fully saturated rings. The number of benzene rings is 2. The van der Waals surface area contributed by atoms with Crippen LogP contribution in [0.5, 0.6) is 0 Å². The molecule has 3 aromatic rings. The fourth-order valence-corrected chi connectivity index (χ4v) is 3.77. The van der Waals surface area contributed by atoms with Crippen molar-refractivity contribution >= 4 is 29.3 Å². The molecule has 0 aliphatic heterocycles. The largest absolute Gasteiger partial charge is 0.578 e. The van der Waals surface area contributed by atoms with E-state index < -0.39 is 5.41 Å². The minimum Gasteiger partial charge on any atom is -0.578 e. The number of hydrogen-bond donors (Lipinski definition) is 2. The van der Waals surface area contributed by atoms with E-state index in [1.807, 2.05) is 24.3 Å². The standard InChI is InChI=1S/C22H20ClN5O/c23-18-4-1-3-15(11-18)19(29)28-20(24)22(9-2-10-22)17-7-5-14(6-8-17)16-12-26-21(25)27-13-16/h1,3-8,11-13H,2,9-10H2,(H2,24,28,29)(H2,25,26,27)/p+1. The lowest BCUT2D eigenvalue weighted by Crippen LogP contribution is -2.41. The smallest absolute Gasteiger partial charge is 0.366 e. The van der Waals surface area contributed by atoms with Crippen LogP contribution >= 0.6 is 11.6 Å². The first-order valence-electron chi connectivity index (χ1n) is 9.32. The van der Waals surface area contributed by atoms with Crippen LogP contribution in [0.3, 0.4) is 0 Å². The quantitative estimate of drug-likeness (QED) is 0.388. The van der Waals surface area contributed by atoms with Gasteiger partial charge in [0.2, 0.25) is 5.95 Å². The van der Waals surface area contributed by atoms with Crippen molar-refractivity contribution in [3.8, 4) is 11.1 Å². The van der Waals surface area contributed by atoms with E-state index in [1.165, 1.54) is 0 Å². The number of aromatic nitrogens is 2. The van der Waals surface area contributed by atoms with E-state index in [1.54, 1.807) is 36.7 Å². The summed E-state index contributed by atoms with van der Waals surface area (Å²) in [4.78, 5) is 12.4. The van der Waals surface area contributed by atoms with Crippen LogP contribution in [-0.2, 0) is 5.41 Å². The van der Waals surface area contributed by atoms with Gasteiger partial charge in [-0.05, 0) is 42.2 Å². The molecule has 0 unspecified atom stereocenters. The zero-order valence-corrected chi connectivity index (χ0v) is 16.4. The summed E-state index contributed by atoms with van der Waals surface area (Å²) in [5.74, 6) is 0.521. The molecule has 29 heavy (non-hydrogen) atoms. The van der Waals surface area contributed by atoms with Crippen LogP contribution in [0.25, 0.3) is 11.1 Å². The molecule has 0 bridgehead atoms. The fraction of sp³-hybridized carbons (Fsp3) is 0.182. The van der Waals surface area contributed by atoms with Gasteiger partial charge >= 0.3 is 5.90 Å². The summed E-state index contributed by atoms with van der Waals surface area (Å²) >= 11 is 6.02. The Kier molecular flexibility index (Phi) is 5.03. The molecule has 7 heteroatoms. The van der Waals surface area contributed by atoms with Crippen LogP contribution in [0, 0.1) is 5.41 Å². The second-order valence-electron chi connectivity index (χ2n) is 7.16. The number of nitrogens with zero attached hydrogens (tertiary/aromatic N) is 3. The summed E-state index contributed by atoms with van der Waals surface area (Å²) in [6.07, 6.45) is 6.13. The number of nitrogens with two attached hydrogens (primary N) is 1. The van der Waals surface area contributed by atoms with Crippen molar-refractivity contribution in [2.75, 3.05) is 5.73 Å². The maximum atomic E-state index is 8.63. The van der Waals surface area contributed by atoms with E-state index in [-0.39, 0.29) is 17.7 Å². The van der Waals surface area contributed by atoms with Gasteiger partial charge in [-0.15, -0.1) is 4.99 Å². The molecule has 0 saturated heterocycles. The minimum absolute atomic E-state index is 0.0550. The van der Waals surface area contributed by atoms with E-state index in [2.05, 4.69) is 15.0 Å². The predicted octanol–water partition coefficient (Wildman–Crippen LogP) is 3.95. The zero-order valence-electron chi connectivity index (χ0n) is 15.7. The van der Waals surface area contributed by atoms with Gasteiger partial charge in [0.05, 0.1) is 11.0 Å². The number of nitrogens with one attached hydrogen (secondary N) is 1. The Morgan fingerprint density at radius 2 is 1.76 bits per heavy atom. The Bertz CT molecular complexity index is 1070. The number of halogens is 1. The van der Waals surface area contributed by atoms with Crippen molar-refractivity contribution in [2.24, 2.45) is 4.99 Å². The first kappa shape index (κ1) is 19.1. The summed E-state index contributed by atoms with van der Waals surface area (Å²) < 4.78 is 0. The van der Waals surface area contributed by atoms with Crippen LogP contribution in [-0.4, -0.2) is 26.8 Å². The van der Waals surface area contributed by atoms with Gasteiger partial charge in [-0.3, -0.25) is 5.41 Å². The lowest BCUT2D eigenvalue weighted by molar-refractivity contribution is 0.336. The highest BCUT2D eigenvalue weighted by Gasteiger charge is 2.43. The summed E-state index contributed by atoms with van der Waals surface area (Å²) in [6.45, 7) is 0. The van der Waals surface area contributed by atoms with Crippen molar-refractivity contribution < 1.29 is 5.11 Å². The number of amidine groups is 1. The average Bonchev–Trinajstić information content (AvgIpc) is 2.68. The van der Waals surface area contributed by atoms with Gasteiger partial charge in [0, 0.05) is 23.0 Å². The molecule has 1 aliphatic carbocycles. The van der Waals surface area contributed by atoms with E-state index in [4.69, 9.17) is 27.9 Å². The first-order valence-corrected chi connectivity index (χ1v) is 9.69.